The van der Waals surface area contributed by atoms with Crippen LogP contribution in [0.15, 0.2) is 0 Å². The SMILES string of the molecule is CCCCCCCCCCCCOC(=O)CCCCCCN(CCCCO)CCCN(CCCCCCC(=O)OCCCCCCCCCCCC)CCCCCCC(=O)OCCCCCCCCCCCC. The van der Waals surface area contributed by atoms with E-state index in [4.69, 9.17) is 14.2 Å². The van der Waals surface area contributed by atoms with Crippen LogP contribution in [0.25, 0.3) is 0 Å². The van der Waals surface area contributed by atoms with Crippen molar-refractivity contribution in [2.24, 2.45) is 0 Å². The molecule has 1 N–H and O–H groups in total. The molecule has 73 heavy (non-hydrogen) atoms. The molecule has 0 atom stereocenters. The van der Waals surface area contributed by atoms with E-state index < -0.39 is 0 Å². The van der Waals surface area contributed by atoms with Crippen molar-refractivity contribution < 1.29 is 33.7 Å². The van der Waals surface area contributed by atoms with Gasteiger partial charge < -0.3 is 29.1 Å². The minimum absolute atomic E-state index is 0.0295. The van der Waals surface area contributed by atoms with E-state index in [1.54, 1.807) is 0 Å². The van der Waals surface area contributed by atoms with Crippen LogP contribution in [-0.4, -0.2) is 98.5 Å². The molecule has 0 rings (SSSR count). The summed E-state index contributed by atoms with van der Waals surface area (Å²) in [6, 6.07) is 0. The summed E-state index contributed by atoms with van der Waals surface area (Å²) < 4.78 is 16.7. The van der Waals surface area contributed by atoms with E-state index in [0.29, 0.717) is 39.1 Å². The quantitative estimate of drug-likeness (QED) is 0.0362. The molecule has 0 aliphatic rings. The van der Waals surface area contributed by atoms with Crippen molar-refractivity contribution in [1.82, 2.24) is 9.80 Å². The fraction of sp³-hybridized carbons (Fsp3) is 0.953. The summed E-state index contributed by atoms with van der Waals surface area (Å²) >= 11 is 0. The molecule has 0 heterocycles. The minimum atomic E-state index is -0.0319. The van der Waals surface area contributed by atoms with Crippen LogP contribution in [0.3, 0.4) is 0 Å². The molecule has 0 bridgehead atoms. The Bertz CT molecular complexity index is 1070. The lowest BCUT2D eigenvalue weighted by Crippen LogP contribution is -2.32. The number of aliphatic hydroxyl groups is 1. The summed E-state index contributed by atoms with van der Waals surface area (Å²) in [6.07, 6.45) is 55.9. The number of aliphatic hydroxyl groups excluding tert-OH is 1. The van der Waals surface area contributed by atoms with Gasteiger partial charge in [0.1, 0.15) is 0 Å². The van der Waals surface area contributed by atoms with Crippen LogP contribution in [0, 0.1) is 0 Å². The molecule has 0 aliphatic heterocycles. The average molecular weight is 1040 g/mol. The number of nitrogens with zero attached hydrogens (tertiary/aromatic N) is 2. The second kappa shape index (κ2) is 61.1. The van der Waals surface area contributed by atoms with Crippen molar-refractivity contribution in [3.05, 3.63) is 0 Å². The van der Waals surface area contributed by atoms with E-state index in [0.717, 1.165) is 174 Å². The highest BCUT2D eigenvalue weighted by Gasteiger charge is 2.11. The molecule has 0 amide bonds. The van der Waals surface area contributed by atoms with E-state index in [9.17, 15) is 19.5 Å². The van der Waals surface area contributed by atoms with Gasteiger partial charge in [0.25, 0.3) is 0 Å². The molecule has 0 spiro atoms. The Kier molecular flexibility index (Phi) is 59.7. The lowest BCUT2D eigenvalue weighted by molar-refractivity contribution is -0.144. The van der Waals surface area contributed by atoms with E-state index in [2.05, 4.69) is 30.6 Å². The number of hydrogen-bond donors (Lipinski definition) is 1. The first-order valence-electron chi connectivity index (χ1n) is 32.5. The van der Waals surface area contributed by atoms with Crippen molar-refractivity contribution in [1.29, 1.82) is 0 Å². The fourth-order valence-corrected chi connectivity index (χ4v) is 10.1. The highest BCUT2D eigenvalue weighted by atomic mass is 16.5. The van der Waals surface area contributed by atoms with Crippen LogP contribution >= 0.6 is 0 Å². The molecule has 434 valence electrons. The van der Waals surface area contributed by atoms with Gasteiger partial charge in [0.2, 0.25) is 0 Å². The van der Waals surface area contributed by atoms with Crippen molar-refractivity contribution >= 4 is 17.9 Å². The van der Waals surface area contributed by atoms with Gasteiger partial charge in [0.05, 0.1) is 19.8 Å². The maximum atomic E-state index is 12.4. The lowest BCUT2D eigenvalue weighted by atomic mass is 10.1. The fourth-order valence-electron chi connectivity index (χ4n) is 10.1. The third kappa shape index (κ3) is 57.8. The minimum Gasteiger partial charge on any atom is -0.466 e. The topological polar surface area (TPSA) is 106 Å². The number of carbonyl (C=O) groups is 3. The van der Waals surface area contributed by atoms with Gasteiger partial charge in [-0.3, -0.25) is 14.4 Å². The molecule has 0 aromatic rings. The summed E-state index contributed by atoms with van der Waals surface area (Å²) in [4.78, 5) is 42.4. The summed E-state index contributed by atoms with van der Waals surface area (Å²) in [5.74, 6) is -0.0908. The third-order valence-corrected chi connectivity index (χ3v) is 14.9. The van der Waals surface area contributed by atoms with Crippen LogP contribution in [0.2, 0.25) is 0 Å². The van der Waals surface area contributed by atoms with E-state index in [-0.39, 0.29) is 24.5 Å². The van der Waals surface area contributed by atoms with Crippen LogP contribution in [0.4, 0.5) is 0 Å². The maximum absolute atomic E-state index is 12.4. The number of rotatable bonds is 62. The molecule has 0 saturated carbocycles. The molecular weight excluding hydrogens is 909 g/mol. The second-order valence-corrected chi connectivity index (χ2v) is 22.2. The van der Waals surface area contributed by atoms with Crippen molar-refractivity contribution in [3.63, 3.8) is 0 Å². The maximum Gasteiger partial charge on any atom is 0.305 e. The number of carbonyl (C=O) groups excluding carboxylic acids is 3. The van der Waals surface area contributed by atoms with Crippen molar-refractivity contribution in [3.8, 4) is 0 Å². The highest BCUT2D eigenvalue weighted by molar-refractivity contribution is 5.69. The van der Waals surface area contributed by atoms with Crippen LogP contribution in [0.5, 0.6) is 0 Å². The highest BCUT2D eigenvalue weighted by Crippen LogP contribution is 2.16. The standard InChI is InChI=1S/C64H126N2O7/c1-4-7-10-13-16-19-22-25-34-45-59-71-62(68)49-37-28-31-40-52-65(53-41-32-29-38-50-63(69)72-60-46-35-26-23-20-17-14-11-8-5-2)56-48-57-66(55-43-44-58-67)54-42-33-30-39-51-64(70)73-61-47-36-27-24-21-18-15-12-9-6-3/h67H,4-61H2,1-3H3. The van der Waals surface area contributed by atoms with Crippen molar-refractivity contribution in [2.75, 3.05) is 65.7 Å². The average Bonchev–Trinajstić information content (AvgIpc) is 3.39. The normalized spacial score (nSPS) is 11.6. The molecule has 0 aromatic heterocycles. The molecule has 0 saturated heterocycles. The Balaban J connectivity index is 4.60. The lowest BCUT2D eigenvalue weighted by Gasteiger charge is -2.26. The van der Waals surface area contributed by atoms with Gasteiger partial charge in [-0.05, 0) is 116 Å². The van der Waals surface area contributed by atoms with Gasteiger partial charge in [-0.15, -0.1) is 0 Å². The summed E-state index contributed by atoms with van der Waals surface area (Å²) in [6.45, 7) is 15.2. The molecule has 9 nitrogen and oxygen atoms in total. The van der Waals surface area contributed by atoms with E-state index in [1.807, 2.05) is 0 Å². The first-order chi connectivity index (χ1) is 36.0. The zero-order chi connectivity index (χ0) is 53.0. The number of unbranched alkanes of at least 4 members (excludes halogenated alkanes) is 37. The molecule has 0 radical (unpaired) electrons. The first-order valence-corrected chi connectivity index (χ1v) is 32.5. The number of esters is 3. The molecule has 9 heteroatoms. The summed E-state index contributed by atoms with van der Waals surface area (Å²) in [5.41, 5.74) is 0. The van der Waals surface area contributed by atoms with Gasteiger partial charge in [-0.1, -0.05) is 233 Å². The molecule has 0 unspecified atom stereocenters. The Morgan fingerprint density at radius 2 is 0.466 bits per heavy atom. The van der Waals surface area contributed by atoms with Crippen LogP contribution in [0.1, 0.15) is 329 Å². The smallest absolute Gasteiger partial charge is 0.305 e. The van der Waals surface area contributed by atoms with Gasteiger partial charge in [-0.25, -0.2) is 0 Å². The molecular formula is C64H126N2O7. The van der Waals surface area contributed by atoms with E-state index in [1.165, 1.54) is 154 Å². The van der Waals surface area contributed by atoms with Crippen LogP contribution < -0.4 is 0 Å². The van der Waals surface area contributed by atoms with Gasteiger partial charge in [0.15, 0.2) is 0 Å². The zero-order valence-corrected chi connectivity index (χ0v) is 49.3. The summed E-state index contributed by atoms with van der Waals surface area (Å²) in [7, 11) is 0. The van der Waals surface area contributed by atoms with Gasteiger partial charge >= 0.3 is 17.9 Å². The van der Waals surface area contributed by atoms with Crippen molar-refractivity contribution in [2.45, 2.75) is 329 Å². The largest absolute Gasteiger partial charge is 0.466 e. The predicted molar refractivity (Wildman–Crippen MR) is 311 cm³/mol. The zero-order valence-electron chi connectivity index (χ0n) is 49.3. The van der Waals surface area contributed by atoms with Crippen LogP contribution in [-0.2, 0) is 28.6 Å². The third-order valence-electron chi connectivity index (χ3n) is 14.9. The number of hydrogen-bond acceptors (Lipinski definition) is 9. The first kappa shape index (κ1) is 71.3. The Hall–Kier alpha value is -1.71. The predicted octanol–water partition coefficient (Wildman–Crippen LogP) is 18.0. The molecule has 0 aliphatic carbocycles. The van der Waals surface area contributed by atoms with Gasteiger partial charge in [-0.2, -0.15) is 0 Å². The monoisotopic (exact) mass is 1030 g/mol. The second-order valence-electron chi connectivity index (χ2n) is 22.2. The van der Waals surface area contributed by atoms with E-state index >= 15 is 0 Å². The number of ether oxygens (including phenoxy) is 3. The molecule has 0 fully saturated rings. The Morgan fingerprint density at radius 3 is 0.726 bits per heavy atom. The summed E-state index contributed by atoms with van der Waals surface area (Å²) in [5, 5.41) is 9.50. The Labute approximate surface area is 454 Å². The Morgan fingerprint density at radius 1 is 0.260 bits per heavy atom. The van der Waals surface area contributed by atoms with Gasteiger partial charge in [0, 0.05) is 25.9 Å². The molecule has 0 aromatic carbocycles.